The summed E-state index contributed by atoms with van der Waals surface area (Å²) in [5.41, 5.74) is 3.83. The van der Waals surface area contributed by atoms with Crippen LogP contribution in [-0.4, -0.2) is 35.5 Å². The van der Waals surface area contributed by atoms with Gasteiger partial charge in [-0.2, -0.15) is 0 Å². The van der Waals surface area contributed by atoms with Crippen molar-refractivity contribution < 1.29 is 20.1 Å². The first kappa shape index (κ1) is 23.9. The van der Waals surface area contributed by atoms with Crippen LogP contribution in [0.2, 0.25) is 0 Å². The highest BCUT2D eigenvalue weighted by atomic mass is 19.1. The highest BCUT2D eigenvalue weighted by Gasteiger charge is 2.19. The minimum atomic E-state index is -0.484. The number of carbonyl (C=O) groups excluding carboxylic acids is 2. The molecule has 7 heteroatoms. The highest BCUT2D eigenvalue weighted by Crippen LogP contribution is 2.28. The lowest BCUT2D eigenvalue weighted by atomic mass is 9.96. The van der Waals surface area contributed by atoms with Crippen molar-refractivity contribution in [3.8, 4) is 11.1 Å². The first-order valence-corrected chi connectivity index (χ1v) is 10.8. The molecule has 1 atom stereocenters. The molecule has 1 unspecified atom stereocenters. The number of rotatable bonds is 8. The summed E-state index contributed by atoms with van der Waals surface area (Å²) in [6.45, 7) is 4.70. The largest absolute Gasteiger partial charge is 0.469 e. The monoisotopic (exact) mass is 451 g/mol. The van der Waals surface area contributed by atoms with Crippen LogP contribution in [0.4, 0.5) is 9.18 Å². The van der Waals surface area contributed by atoms with Crippen molar-refractivity contribution in [1.29, 1.82) is 0 Å². The fourth-order valence-electron chi connectivity index (χ4n) is 3.55. The van der Waals surface area contributed by atoms with Crippen LogP contribution in [0.3, 0.4) is 0 Å². The molecule has 0 aliphatic heterocycles. The summed E-state index contributed by atoms with van der Waals surface area (Å²) in [5, 5.41) is 2.92. The van der Waals surface area contributed by atoms with Gasteiger partial charge in [-0.1, -0.05) is 36.4 Å². The van der Waals surface area contributed by atoms with Gasteiger partial charge >= 0.3 is 12.0 Å². The zero-order chi connectivity index (χ0) is 23.8. The maximum Gasteiger partial charge on any atom is 0.317 e. The predicted octanol–water partition coefficient (Wildman–Crippen LogP) is 5.14. The highest BCUT2D eigenvalue weighted by molar-refractivity contribution is 5.79. The summed E-state index contributed by atoms with van der Waals surface area (Å²) in [4.78, 5) is 30.6. The van der Waals surface area contributed by atoms with Crippen LogP contribution in [0.15, 0.2) is 67.0 Å². The maximum absolute atomic E-state index is 14.2. The average molecular weight is 452 g/mol. The van der Waals surface area contributed by atoms with Gasteiger partial charge in [0.05, 0.1) is 13.0 Å². The van der Waals surface area contributed by atoms with Crippen molar-refractivity contribution in [3.05, 3.63) is 89.5 Å². The second kappa shape index (κ2) is 11.2. The Morgan fingerprint density at radius 1 is 1.15 bits per heavy atom. The van der Waals surface area contributed by atoms with E-state index in [9.17, 15) is 14.0 Å². The number of aromatic nitrogens is 1. The number of urea groups is 1. The third-order valence-corrected chi connectivity index (χ3v) is 5.51. The van der Waals surface area contributed by atoms with E-state index in [1.54, 1.807) is 30.3 Å². The van der Waals surface area contributed by atoms with Crippen molar-refractivity contribution in [2.75, 3.05) is 13.7 Å². The zero-order valence-corrected chi connectivity index (χ0v) is 19.0. The van der Waals surface area contributed by atoms with E-state index in [0.717, 1.165) is 16.7 Å². The number of hydrogen-bond acceptors (Lipinski definition) is 4. The van der Waals surface area contributed by atoms with E-state index < -0.39 is 5.92 Å². The number of pyridine rings is 1. The van der Waals surface area contributed by atoms with Crippen LogP contribution < -0.4 is 5.32 Å². The molecule has 0 fully saturated rings. The van der Waals surface area contributed by atoms with Crippen LogP contribution in [-0.2, 0) is 22.6 Å². The molecule has 0 aliphatic rings. The Balaban J connectivity index is 0.00000408. The minimum Gasteiger partial charge on any atom is -0.469 e. The molecule has 1 aromatic heterocycles. The Kier molecular flexibility index (Phi) is 8.13. The van der Waals surface area contributed by atoms with E-state index in [2.05, 4.69) is 10.3 Å². The molecule has 1 N–H and O–H groups in total. The number of benzene rings is 2. The summed E-state index contributed by atoms with van der Waals surface area (Å²) in [5.74, 6) is -1.23. The van der Waals surface area contributed by atoms with E-state index in [4.69, 9.17) is 4.74 Å². The molecule has 0 aliphatic carbocycles. The molecular weight excluding hydrogens is 421 g/mol. The number of halogens is 1. The lowest BCUT2D eigenvalue weighted by Crippen LogP contribution is -2.39. The van der Waals surface area contributed by atoms with E-state index in [1.807, 2.05) is 43.3 Å². The molecule has 33 heavy (non-hydrogen) atoms. The molecule has 3 aromatic rings. The molecule has 0 saturated carbocycles. The van der Waals surface area contributed by atoms with Gasteiger partial charge in [0, 0.05) is 39.0 Å². The number of nitrogens with zero attached hydrogens (tertiary/aromatic N) is 2. The third kappa shape index (κ3) is 6.16. The molecule has 0 spiro atoms. The van der Waals surface area contributed by atoms with E-state index >= 15 is 0 Å². The number of carbonyl (C=O) groups is 2. The van der Waals surface area contributed by atoms with Gasteiger partial charge in [-0.3, -0.25) is 9.78 Å². The van der Waals surface area contributed by atoms with Crippen molar-refractivity contribution >= 4 is 12.0 Å². The summed E-state index contributed by atoms with van der Waals surface area (Å²) >= 11 is 0. The number of amides is 2. The minimum absolute atomic E-state index is 0. The van der Waals surface area contributed by atoms with E-state index in [0.29, 0.717) is 24.2 Å². The van der Waals surface area contributed by atoms with Crippen LogP contribution in [0.25, 0.3) is 11.1 Å². The summed E-state index contributed by atoms with van der Waals surface area (Å²) in [6, 6.07) is 15.7. The lowest BCUT2D eigenvalue weighted by molar-refractivity contribution is -0.142. The molecular formula is C26H30FN3O3. The Hall–Kier alpha value is -3.74. The SMILES string of the molecule is CCN(Cc1cc(F)ccc1-c1cncc(C(C)C(=O)OC)c1)C(=O)NCc1ccccc1.[HH]. The van der Waals surface area contributed by atoms with E-state index in [1.165, 1.54) is 19.2 Å². The molecule has 0 saturated heterocycles. The van der Waals surface area contributed by atoms with Gasteiger partial charge in [0.25, 0.3) is 0 Å². The number of ether oxygens (including phenoxy) is 1. The maximum atomic E-state index is 14.2. The smallest absolute Gasteiger partial charge is 0.317 e. The van der Waals surface area contributed by atoms with Gasteiger partial charge in [-0.25, -0.2) is 9.18 Å². The molecule has 0 bridgehead atoms. The number of hydrogen-bond donors (Lipinski definition) is 1. The van der Waals surface area contributed by atoms with Gasteiger partial charge in [0.2, 0.25) is 0 Å². The zero-order valence-electron chi connectivity index (χ0n) is 19.0. The molecule has 6 nitrogen and oxygen atoms in total. The van der Waals surface area contributed by atoms with Gasteiger partial charge in [0.15, 0.2) is 0 Å². The molecule has 3 rings (SSSR count). The molecule has 174 valence electrons. The summed E-state index contributed by atoms with van der Waals surface area (Å²) < 4.78 is 19.0. The first-order chi connectivity index (χ1) is 15.9. The van der Waals surface area contributed by atoms with Crippen LogP contribution >= 0.6 is 0 Å². The number of esters is 1. The summed E-state index contributed by atoms with van der Waals surface area (Å²) in [7, 11) is 1.34. The molecule has 1 heterocycles. The fraction of sp³-hybridized carbons (Fsp3) is 0.269. The standard InChI is InChI=1S/C26H28FN3O3.H2/c1-4-30(26(32)29-14-19-8-6-5-7-9-19)17-22-13-23(27)10-11-24(22)21-12-20(15-28-16-21)18(2)25(31)33-3;/h5-13,15-16,18H,4,14,17H2,1-3H3,(H,29,32);1H. The van der Waals surface area contributed by atoms with Gasteiger partial charge in [0.1, 0.15) is 5.82 Å². The van der Waals surface area contributed by atoms with Gasteiger partial charge in [-0.15, -0.1) is 0 Å². The Morgan fingerprint density at radius 2 is 1.91 bits per heavy atom. The molecule has 0 radical (unpaired) electrons. The van der Waals surface area contributed by atoms with Gasteiger partial charge in [-0.05, 0) is 54.3 Å². The van der Waals surface area contributed by atoms with Crippen molar-refractivity contribution in [2.45, 2.75) is 32.9 Å². The van der Waals surface area contributed by atoms with Gasteiger partial charge < -0.3 is 15.0 Å². The Bertz CT molecular complexity index is 1110. The lowest BCUT2D eigenvalue weighted by Gasteiger charge is -2.23. The number of methoxy groups -OCH3 is 1. The second-order valence-corrected chi connectivity index (χ2v) is 7.71. The molecule has 2 amide bonds. The topological polar surface area (TPSA) is 71.5 Å². The van der Waals surface area contributed by atoms with Crippen LogP contribution in [0.1, 0.15) is 37.9 Å². The Morgan fingerprint density at radius 3 is 2.61 bits per heavy atom. The summed E-state index contributed by atoms with van der Waals surface area (Å²) in [6.07, 6.45) is 3.28. The van der Waals surface area contributed by atoms with Crippen molar-refractivity contribution in [2.24, 2.45) is 0 Å². The van der Waals surface area contributed by atoms with Crippen molar-refractivity contribution in [1.82, 2.24) is 15.2 Å². The second-order valence-electron chi connectivity index (χ2n) is 7.71. The number of nitrogens with one attached hydrogen (secondary N) is 1. The van der Waals surface area contributed by atoms with E-state index in [-0.39, 0.29) is 25.8 Å². The quantitative estimate of drug-likeness (QED) is 0.481. The van der Waals surface area contributed by atoms with Crippen LogP contribution in [0, 0.1) is 5.82 Å². The Labute approximate surface area is 194 Å². The van der Waals surface area contributed by atoms with Crippen LogP contribution in [0.5, 0.6) is 0 Å². The predicted molar refractivity (Wildman–Crippen MR) is 127 cm³/mol. The molecule has 2 aromatic carbocycles. The first-order valence-electron chi connectivity index (χ1n) is 10.8. The third-order valence-electron chi connectivity index (χ3n) is 5.51. The average Bonchev–Trinajstić information content (AvgIpc) is 2.85. The fourth-order valence-corrected chi connectivity index (χ4v) is 3.55. The normalized spacial score (nSPS) is 11.5. The van der Waals surface area contributed by atoms with Crippen molar-refractivity contribution in [3.63, 3.8) is 0 Å².